The van der Waals surface area contributed by atoms with Gasteiger partial charge in [-0.3, -0.25) is 14.7 Å². The minimum atomic E-state index is -0.444. The van der Waals surface area contributed by atoms with Gasteiger partial charge in [0.25, 0.3) is 0 Å². The fourth-order valence-corrected chi connectivity index (χ4v) is 4.71. The van der Waals surface area contributed by atoms with Crippen molar-refractivity contribution in [1.82, 2.24) is 15.2 Å². The molecule has 4 aromatic rings. The summed E-state index contributed by atoms with van der Waals surface area (Å²) in [6.45, 7) is 3.17. The predicted octanol–water partition coefficient (Wildman–Crippen LogP) is 5.37. The molecule has 1 saturated heterocycles. The van der Waals surface area contributed by atoms with Crippen molar-refractivity contribution in [3.05, 3.63) is 108 Å². The van der Waals surface area contributed by atoms with E-state index in [4.69, 9.17) is 9.72 Å². The zero-order valence-electron chi connectivity index (χ0n) is 20.1. The van der Waals surface area contributed by atoms with E-state index < -0.39 is 6.04 Å². The molecule has 0 bridgehead atoms. The van der Waals surface area contributed by atoms with Gasteiger partial charge in [-0.05, 0) is 67.9 Å². The molecule has 0 spiro atoms. The van der Waals surface area contributed by atoms with Crippen molar-refractivity contribution < 1.29 is 13.9 Å². The number of carbonyl (C=O) groups excluding carboxylic acids is 1. The number of fused-ring (bicyclic) bond motifs is 1. The molecule has 1 aromatic heterocycles. The summed E-state index contributed by atoms with van der Waals surface area (Å²) in [6.07, 6.45) is 1.58. The normalized spacial score (nSPS) is 15.5. The maximum atomic E-state index is 13.6. The van der Waals surface area contributed by atoms with Crippen LogP contribution >= 0.6 is 0 Å². The van der Waals surface area contributed by atoms with E-state index in [0.29, 0.717) is 6.61 Å². The highest BCUT2D eigenvalue weighted by Gasteiger charge is 2.28. The van der Waals surface area contributed by atoms with Crippen molar-refractivity contribution in [2.75, 3.05) is 26.2 Å². The van der Waals surface area contributed by atoms with Crippen molar-refractivity contribution in [2.45, 2.75) is 18.9 Å². The van der Waals surface area contributed by atoms with E-state index in [0.717, 1.165) is 60.4 Å². The summed E-state index contributed by atoms with van der Waals surface area (Å²) in [5.41, 5.74) is 2.41. The van der Waals surface area contributed by atoms with Crippen LogP contribution in [0.1, 0.15) is 30.1 Å². The van der Waals surface area contributed by atoms with E-state index in [9.17, 15) is 9.18 Å². The van der Waals surface area contributed by atoms with Crippen LogP contribution in [0.25, 0.3) is 10.9 Å². The van der Waals surface area contributed by atoms with Crippen LogP contribution in [-0.4, -0.2) is 42.0 Å². The molecule has 36 heavy (non-hydrogen) atoms. The summed E-state index contributed by atoms with van der Waals surface area (Å²) >= 11 is 0. The van der Waals surface area contributed by atoms with Crippen LogP contribution in [0.15, 0.2) is 91.0 Å². The minimum absolute atomic E-state index is 0.0134. The van der Waals surface area contributed by atoms with Gasteiger partial charge in [0.1, 0.15) is 18.2 Å². The van der Waals surface area contributed by atoms with Crippen molar-refractivity contribution in [1.29, 1.82) is 0 Å². The molecule has 1 amide bonds. The minimum Gasteiger partial charge on any atom is -0.492 e. The monoisotopic (exact) mass is 483 g/mol. The topological polar surface area (TPSA) is 54.5 Å². The van der Waals surface area contributed by atoms with Gasteiger partial charge < -0.3 is 10.1 Å². The third-order valence-electron chi connectivity index (χ3n) is 6.78. The summed E-state index contributed by atoms with van der Waals surface area (Å²) in [7, 11) is 0. The fourth-order valence-electron chi connectivity index (χ4n) is 4.71. The van der Waals surface area contributed by atoms with Crippen LogP contribution < -0.4 is 10.1 Å². The molecule has 184 valence electrons. The second-order valence-corrected chi connectivity index (χ2v) is 9.20. The van der Waals surface area contributed by atoms with Gasteiger partial charge in [-0.25, -0.2) is 4.39 Å². The lowest BCUT2D eigenvalue weighted by molar-refractivity contribution is -0.127. The smallest absolute Gasteiger partial charge is 0.224 e. The molecule has 1 fully saturated rings. The van der Waals surface area contributed by atoms with Crippen LogP contribution in [0.3, 0.4) is 0 Å². The molecule has 1 aliphatic heterocycles. The number of para-hydroxylation sites is 2. The number of carbonyl (C=O) groups is 1. The molecular weight excluding hydrogens is 453 g/mol. The number of likely N-dealkylation sites (tertiary alicyclic amines) is 1. The van der Waals surface area contributed by atoms with Gasteiger partial charge in [-0.1, -0.05) is 54.6 Å². The third kappa shape index (κ3) is 5.89. The van der Waals surface area contributed by atoms with Gasteiger partial charge in [0.2, 0.25) is 5.91 Å². The van der Waals surface area contributed by atoms with E-state index in [1.54, 1.807) is 12.1 Å². The highest BCUT2D eigenvalue weighted by Crippen LogP contribution is 2.26. The zero-order chi connectivity index (χ0) is 24.7. The number of hydrogen-bond donors (Lipinski definition) is 1. The van der Waals surface area contributed by atoms with E-state index in [2.05, 4.69) is 10.2 Å². The SMILES string of the molecule is O=C(NC(c1ccc(F)cc1)c1ccc2ccccc2n1)C1CCN(CCOc2ccccc2)CC1. The second kappa shape index (κ2) is 11.3. The first-order valence-electron chi connectivity index (χ1n) is 12.5. The van der Waals surface area contributed by atoms with Gasteiger partial charge in [0, 0.05) is 17.8 Å². The molecule has 2 heterocycles. The first-order chi connectivity index (χ1) is 17.7. The van der Waals surface area contributed by atoms with Crippen molar-refractivity contribution >= 4 is 16.8 Å². The Morgan fingerprint density at radius 3 is 2.44 bits per heavy atom. The summed E-state index contributed by atoms with van der Waals surface area (Å²) in [6, 6.07) is 27.5. The van der Waals surface area contributed by atoms with Crippen LogP contribution in [-0.2, 0) is 4.79 Å². The number of benzene rings is 3. The van der Waals surface area contributed by atoms with Gasteiger partial charge >= 0.3 is 0 Å². The lowest BCUT2D eigenvalue weighted by Crippen LogP contribution is -2.43. The van der Waals surface area contributed by atoms with E-state index in [1.165, 1.54) is 12.1 Å². The summed E-state index contributed by atoms with van der Waals surface area (Å²) in [4.78, 5) is 20.5. The van der Waals surface area contributed by atoms with E-state index >= 15 is 0 Å². The number of amides is 1. The number of piperidine rings is 1. The second-order valence-electron chi connectivity index (χ2n) is 9.20. The molecule has 6 heteroatoms. The number of halogens is 1. The Hall–Kier alpha value is -3.77. The average Bonchev–Trinajstić information content (AvgIpc) is 2.93. The Balaban J connectivity index is 1.22. The quantitative estimate of drug-likeness (QED) is 0.366. The predicted molar refractivity (Wildman–Crippen MR) is 139 cm³/mol. The molecule has 0 saturated carbocycles. The highest BCUT2D eigenvalue weighted by atomic mass is 19.1. The molecule has 1 N–H and O–H groups in total. The Morgan fingerprint density at radius 2 is 1.67 bits per heavy atom. The van der Waals surface area contributed by atoms with Crippen LogP contribution in [0.4, 0.5) is 4.39 Å². The number of ether oxygens (including phenoxy) is 1. The number of aromatic nitrogens is 1. The summed E-state index contributed by atoms with van der Waals surface area (Å²) < 4.78 is 19.4. The van der Waals surface area contributed by atoms with Crippen molar-refractivity contribution in [2.24, 2.45) is 5.92 Å². The molecule has 0 radical (unpaired) electrons. The number of rotatable bonds is 8. The lowest BCUT2D eigenvalue weighted by atomic mass is 9.94. The Morgan fingerprint density at radius 1 is 0.944 bits per heavy atom. The number of nitrogens with one attached hydrogen (secondary N) is 1. The molecule has 5 rings (SSSR count). The lowest BCUT2D eigenvalue weighted by Gasteiger charge is -2.32. The van der Waals surface area contributed by atoms with Crippen LogP contribution in [0.2, 0.25) is 0 Å². The summed E-state index contributed by atoms with van der Waals surface area (Å²) in [5.74, 6) is 0.513. The first kappa shape index (κ1) is 23.9. The number of pyridine rings is 1. The maximum Gasteiger partial charge on any atom is 0.224 e. The summed E-state index contributed by atoms with van der Waals surface area (Å²) in [5, 5.41) is 4.25. The van der Waals surface area contributed by atoms with Gasteiger partial charge in [0.05, 0.1) is 17.3 Å². The first-order valence-corrected chi connectivity index (χ1v) is 12.5. The molecule has 5 nitrogen and oxygen atoms in total. The average molecular weight is 484 g/mol. The molecule has 1 atom stereocenters. The largest absolute Gasteiger partial charge is 0.492 e. The maximum absolute atomic E-state index is 13.6. The molecule has 3 aromatic carbocycles. The zero-order valence-corrected chi connectivity index (χ0v) is 20.1. The number of hydrogen-bond acceptors (Lipinski definition) is 4. The fraction of sp³-hybridized carbons (Fsp3) is 0.267. The molecular formula is C30H30FN3O2. The van der Waals surface area contributed by atoms with Gasteiger partial charge in [-0.15, -0.1) is 0 Å². The molecule has 1 aliphatic rings. The Labute approximate surface area is 210 Å². The van der Waals surface area contributed by atoms with Crippen LogP contribution in [0.5, 0.6) is 5.75 Å². The van der Waals surface area contributed by atoms with Crippen molar-refractivity contribution in [3.8, 4) is 5.75 Å². The van der Waals surface area contributed by atoms with Gasteiger partial charge in [0.15, 0.2) is 0 Å². The highest BCUT2D eigenvalue weighted by molar-refractivity contribution is 5.81. The van der Waals surface area contributed by atoms with Gasteiger partial charge in [-0.2, -0.15) is 0 Å². The van der Waals surface area contributed by atoms with Crippen molar-refractivity contribution in [3.63, 3.8) is 0 Å². The Bertz CT molecular complexity index is 1290. The van der Waals surface area contributed by atoms with E-state index in [-0.39, 0.29) is 17.6 Å². The van der Waals surface area contributed by atoms with Crippen LogP contribution in [0, 0.1) is 11.7 Å². The molecule has 1 unspecified atom stereocenters. The third-order valence-corrected chi connectivity index (χ3v) is 6.78. The molecule has 0 aliphatic carbocycles. The Kier molecular flexibility index (Phi) is 7.52. The van der Waals surface area contributed by atoms with E-state index in [1.807, 2.05) is 66.7 Å². The standard InChI is InChI=1S/C30H30FN3O2/c31-25-13-10-23(11-14-25)29(28-15-12-22-6-4-5-9-27(22)32-28)33-30(35)24-16-18-34(19-17-24)20-21-36-26-7-2-1-3-8-26/h1-15,24,29H,16-21H2,(H,33,35). The number of nitrogens with zero attached hydrogens (tertiary/aromatic N) is 2.